The van der Waals surface area contributed by atoms with Crippen LogP contribution in [-0.2, 0) is 16.2 Å². The van der Waals surface area contributed by atoms with Gasteiger partial charge in [-0.15, -0.1) is 0 Å². The molecule has 3 aromatic carbocycles. The van der Waals surface area contributed by atoms with Gasteiger partial charge >= 0.3 is 0 Å². The second-order valence-corrected chi connectivity index (χ2v) is 8.09. The van der Waals surface area contributed by atoms with Crippen LogP contribution in [0.1, 0.15) is 12.0 Å². The lowest BCUT2D eigenvalue weighted by atomic mass is 10.1. The number of anilines is 2. The molecule has 1 heterocycles. The molecule has 0 radical (unpaired) electrons. The summed E-state index contributed by atoms with van der Waals surface area (Å²) >= 11 is 3.37. The summed E-state index contributed by atoms with van der Waals surface area (Å²) in [4.78, 5) is 26.7. The molecule has 4 rings (SSSR count). The van der Waals surface area contributed by atoms with E-state index in [1.54, 1.807) is 4.90 Å². The quantitative estimate of drug-likeness (QED) is 0.556. The molecule has 3 aromatic rings. The fraction of sp³-hybridized carbons (Fsp3) is 0.167. The zero-order valence-corrected chi connectivity index (χ0v) is 17.8. The highest BCUT2D eigenvalue weighted by atomic mass is 79.9. The summed E-state index contributed by atoms with van der Waals surface area (Å²) in [5.41, 5.74) is 2.58. The first-order valence-electron chi connectivity index (χ1n) is 9.72. The van der Waals surface area contributed by atoms with Gasteiger partial charge in [0.05, 0.1) is 5.92 Å². The van der Waals surface area contributed by atoms with E-state index in [9.17, 15) is 9.59 Å². The number of rotatable bonds is 6. The van der Waals surface area contributed by atoms with Gasteiger partial charge in [-0.05, 0) is 54.1 Å². The van der Waals surface area contributed by atoms with Crippen molar-refractivity contribution in [2.75, 3.05) is 16.8 Å². The van der Waals surface area contributed by atoms with E-state index in [0.717, 1.165) is 21.5 Å². The van der Waals surface area contributed by atoms with E-state index in [-0.39, 0.29) is 24.2 Å². The first-order valence-corrected chi connectivity index (χ1v) is 10.5. The highest BCUT2D eigenvalue weighted by Gasteiger charge is 2.35. The normalized spacial score (nSPS) is 15.8. The zero-order chi connectivity index (χ0) is 20.9. The van der Waals surface area contributed by atoms with Crippen molar-refractivity contribution in [2.45, 2.75) is 13.0 Å². The van der Waals surface area contributed by atoms with Gasteiger partial charge in [-0.2, -0.15) is 0 Å². The number of carbonyl (C=O) groups excluding carboxylic acids is 2. The first kappa shape index (κ1) is 20.2. The number of nitrogens with one attached hydrogen (secondary N) is 1. The van der Waals surface area contributed by atoms with Crippen LogP contribution in [0.25, 0.3) is 0 Å². The van der Waals surface area contributed by atoms with Crippen molar-refractivity contribution >= 4 is 39.1 Å². The fourth-order valence-electron chi connectivity index (χ4n) is 3.37. The van der Waals surface area contributed by atoms with Gasteiger partial charge in [0.15, 0.2) is 0 Å². The first-order chi connectivity index (χ1) is 14.6. The van der Waals surface area contributed by atoms with Crippen molar-refractivity contribution in [2.24, 2.45) is 5.92 Å². The largest absolute Gasteiger partial charge is 0.489 e. The van der Waals surface area contributed by atoms with Crippen molar-refractivity contribution in [3.8, 4) is 5.75 Å². The minimum Gasteiger partial charge on any atom is -0.489 e. The van der Waals surface area contributed by atoms with Gasteiger partial charge in [0.25, 0.3) is 0 Å². The number of carbonyl (C=O) groups is 2. The van der Waals surface area contributed by atoms with Gasteiger partial charge in [0, 0.05) is 28.8 Å². The minimum atomic E-state index is -0.379. The van der Waals surface area contributed by atoms with Crippen LogP contribution in [0.5, 0.6) is 5.75 Å². The molecule has 1 atom stereocenters. The van der Waals surface area contributed by atoms with Gasteiger partial charge in [-0.1, -0.05) is 46.3 Å². The standard InChI is InChI=1S/C24H21BrN2O3/c25-19-6-8-20(9-7-19)26-24(29)18-14-23(28)27(15-18)21-10-12-22(13-11-21)30-16-17-4-2-1-3-5-17/h1-13,18H,14-16H2,(H,26,29)/t18-/m1/s1. The molecule has 1 aliphatic heterocycles. The molecule has 0 bridgehead atoms. The molecule has 0 aliphatic carbocycles. The van der Waals surface area contributed by atoms with Crippen molar-refractivity contribution in [3.05, 3.63) is 88.9 Å². The molecule has 0 saturated carbocycles. The Hall–Kier alpha value is -3.12. The van der Waals surface area contributed by atoms with Gasteiger partial charge in [-0.25, -0.2) is 0 Å². The monoisotopic (exact) mass is 464 g/mol. The molecule has 30 heavy (non-hydrogen) atoms. The summed E-state index contributed by atoms with van der Waals surface area (Å²) in [6, 6.07) is 24.7. The number of amides is 2. The SMILES string of the molecule is O=C(Nc1ccc(Br)cc1)[C@@H]1CC(=O)N(c2ccc(OCc3ccccc3)cc2)C1. The van der Waals surface area contributed by atoms with Crippen LogP contribution in [0.3, 0.4) is 0 Å². The van der Waals surface area contributed by atoms with E-state index < -0.39 is 0 Å². The summed E-state index contributed by atoms with van der Waals surface area (Å²) in [6.07, 6.45) is 0.203. The van der Waals surface area contributed by atoms with Crippen LogP contribution in [0.15, 0.2) is 83.3 Å². The molecule has 0 aromatic heterocycles. The third-order valence-corrected chi connectivity index (χ3v) is 5.53. The van der Waals surface area contributed by atoms with Crippen LogP contribution in [0.4, 0.5) is 11.4 Å². The van der Waals surface area contributed by atoms with Crippen molar-refractivity contribution in [1.82, 2.24) is 0 Å². The molecule has 1 N–H and O–H groups in total. The molecule has 0 spiro atoms. The smallest absolute Gasteiger partial charge is 0.229 e. The molecule has 2 amide bonds. The minimum absolute atomic E-state index is 0.0519. The number of ether oxygens (including phenoxy) is 1. The molecule has 6 heteroatoms. The van der Waals surface area contributed by atoms with Crippen LogP contribution >= 0.6 is 15.9 Å². The molecule has 5 nitrogen and oxygen atoms in total. The molecule has 0 unspecified atom stereocenters. The van der Waals surface area contributed by atoms with Crippen LogP contribution in [0.2, 0.25) is 0 Å². The average molecular weight is 465 g/mol. The average Bonchev–Trinajstić information content (AvgIpc) is 3.17. The number of hydrogen-bond donors (Lipinski definition) is 1. The van der Waals surface area contributed by atoms with E-state index in [2.05, 4.69) is 21.2 Å². The fourth-order valence-corrected chi connectivity index (χ4v) is 3.64. The zero-order valence-electron chi connectivity index (χ0n) is 16.3. The van der Waals surface area contributed by atoms with Crippen molar-refractivity contribution < 1.29 is 14.3 Å². The van der Waals surface area contributed by atoms with Gasteiger partial charge in [-0.3, -0.25) is 9.59 Å². The van der Waals surface area contributed by atoms with Crippen LogP contribution in [0, 0.1) is 5.92 Å². The maximum Gasteiger partial charge on any atom is 0.229 e. The van der Waals surface area contributed by atoms with Gasteiger partial charge < -0.3 is 15.0 Å². The third kappa shape index (κ3) is 4.89. The Bertz CT molecular complexity index is 1020. The lowest BCUT2D eigenvalue weighted by molar-refractivity contribution is -0.122. The summed E-state index contributed by atoms with van der Waals surface area (Å²) in [6.45, 7) is 0.854. The number of nitrogens with zero attached hydrogens (tertiary/aromatic N) is 1. The molecular weight excluding hydrogens is 444 g/mol. The molecule has 1 aliphatic rings. The predicted octanol–water partition coefficient (Wildman–Crippen LogP) is 5.02. The second kappa shape index (κ2) is 9.13. The Kier molecular flexibility index (Phi) is 6.14. The third-order valence-electron chi connectivity index (χ3n) is 5.00. The lowest BCUT2D eigenvalue weighted by Crippen LogP contribution is -2.28. The van der Waals surface area contributed by atoms with E-state index in [4.69, 9.17) is 4.74 Å². The van der Waals surface area contributed by atoms with Gasteiger partial charge in [0.1, 0.15) is 12.4 Å². The molecule has 152 valence electrons. The maximum atomic E-state index is 12.6. The number of benzene rings is 3. The van der Waals surface area contributed by atoms with Gasteiger partial charge in [0.2, 0.25) is 11.8 Å². The Morgan fingerprint density at radius 1 is 1.00 bits per heavy atom. The van der Waals surface area contributed by atoms with Crippen LogP contribution < -0.4 is 15.0 Å². The topological polar surface area (TPSA) is 58.6 Å². The Labute approximate surface area is 183 Å². The number of halogens is 1. The predicted molar refractivity (Wildman–Crippen MR) is 120 cm³/mol. The number of hydrogen-bond acceptors (Lipinski definition) is 3. The maximum absolute atomic E-state index is 12.6. The molecule has 1 saturated heterocycles. The van der Waals surface area contributed by atoms with Crippen molar-refractivity contribution in [1.29, 1.82) is 0 Å². The Morgan fingerprint density at radius 2 is 1.70 bits per heavy atom. The van der Waals surface area contributed by atoms with E-state index in [1.807, 2.05) is 78.9 Å². The highest BCUT2D eigenvalue weighted by Crippen LogP contribution is 2.28. The molecular formula is C24H21BrN2O3. The van der Waals surface area contributed by atoms with E-state index in [1.165, 1.54) is 0 Å². The Balaban J connectivity index is 1.35. The summed E-state index contributed by atoms with van der Waals surface area (Å²) in [5, 5.41) is 2.89. The highest BCUT2D eigenvalue weighted by molar-refractivity contribution is 9.10. The van der Waals surface area contributed by atoms with E-state index >= 15 is 0 Å². The summed E-state index contributed by atoms with van der Waals surface area (Å²) in [5.74, 6) is 0.161. The second-order valence-electron chi connectivity index (χ2n) is 7.17. The van der Waals surface area contributed by atoms with Crippen molar-refractivity contribution in [3.63, 3.8) is 0 Å². The molecule has 1 fully saturated rings. The van der Waals surface area contributed by atoms with Crippen LogP contribution in [-0.4, -0.2) is 18.4 Å². The summed E-state index contributed by atoms with van der Waals surface area (Å²) in [7, 11) is 0. The summed E-state index contributed by atoms with van der Waals surface area (Å²) < 4.78 is 6.74. The van der Waals surface area contributed by atoms with E-state index in [0.29, 0.717) is 18.8 Å². The lowest BCUT2D eigenvalue weighted by Gasteiger charge is -2.17. The Morgan fingerprint density at radius 3 is 2.40 bits per heavy atom.